The minimum atomic E-state index is 0. The normalized spacial score (nSPS) is 0. The zero-order valence-electron chi connectivity index (χ0n) is 6.12. The Balaban J connectivity index is 0. The molecule has 0 saturated carbocycles. The van der Waals surface area contributed by atoms with Crippen LogP contribution in [0.1, 0.15) is 2.85 Å². The molecule has 8 heteroatoms. The summed E-state index contributed by atoms with van der Waals surface area (Å²) in [6.45, 7) is 0. The van der Waals surface area contributed by atoms with Crippen LogP contribution in [0.4, 0.5) is 0 Å². The second kappa shape index (κ2) is 59.6. The van der Waals surface area contributed by atoms with Crippen molar-refractivity contribution < 1.29 is 128 Å². The molecule has 0 aromatic carbocycles. The first-order chi connectivity index (χ1) is 0. The molecule has 0 amide bonds. The molecule has 0 bridgehead atoms. The maximum absolute atomic E-state index is 0. The molecule has 0 aliphatic rings. The van der Waals surface area contributed by atoms with Crippen molar-refractivity contribution in [2.75, 3.05) is 0 Å². The summed E-state index contributed by atoms with van der Waals surface area (Å²) in [5.74, 6) is 0. The Labute approximate surface area is 171 Å². The monoisotopic (exact) mass is 554 g/mol. The van der Waals surface area contributed by atoms with Crippen molar-refractivity contribution in [3.63, 3.8) is 0 Å². The molecule has 8 N–H and O–H groups in total. The van der Waals surface area contributed by atoms with E-state index in [0.717, 1.165) is 0 Å². The van der Waals surface area contributed by atoms with Crippen LogP contribution in [0.15, 0.2) is 0 Å². The van der Waals surface area contributed by atoms with Crippen molar-refractivity contribution >= 4 is 48.9 Å². The van der Waals surface area contributed by atoms with Crippen molar-refractivity contribution in [3.05, 3.63) is 0 Å². The van der Waals surface area contributed by atoms with Crippen LogP contribution in [-0.2, 0) is 21.7 Å². The first-order valence-electron chi connectivity index (χ1n) is 0. The van der Waals surface area contributed by atoms with Crippen LogP contribution in [0.5, 0.6) is 0 Å². The van der Waals surface area contributed by atoms with Gasteiger partial charge in [-0.3, -0.25) is 0 Å². The fourth-order valence-corrected chi connectivity index (χ4v) is 0. The fourth-order valence-electron chi connectivity index (χ4n) is 0. The second-order valence-electron chi connectivity index (χ2n) is 0. The average Bonchev–Trinajstić information content (AvgIpc) is 0. The molecule has 0 aliphatic heterocycles. The molecule has 8 heavy (non-hydrogen) atoms. The van der Waals surface area contributed by atoms with Gasteiger partial charge in [-0.2, -0.15) is 0 Å². The molecule has 0 heterocycles. The van der Waals surface area contributed by atoms with Gasteiger partial charge in [0.25, 0.3) is 0 Å². The predicted octanol–water partition coefficient (Wildman–Crippen LogP) is -3.46. The Bertz CT molecular complexity index is 23.2. The van der Waals surface area contributed by atoms with E-state index in [1.807, 2.05) is 0 Å². The minimum Gasteiger partial charge on any atom is -1.00 e. The largest absolute Gasteiger partial charge is 2.00 e. The number of hydrogen-bond donors (Lipinski definition) is 0. The third-order valence-corrected chi connectivity index (χ3v) is 0. The fraction of sp³-hybridized carbons (Fsp3) is 0. The quantitative estimate of drug-likeness (QED) is 0.277. The van der Waals surface area contributed by atoms with Crippen LogP contribution < -0.4 is 0 Å². The van der Waals surface area contributed by atoms with E-state index in [1.54, 1.807) is 0 Å². The summed E-state index contributed by atoms with van der Waals surface area (Å²) < 4.78 is 0. The van der Waals surface area contributed by atoms with Gasteiger partial charge in [0.2, 0.25) is 0 Å². The van der Waals surface area contributed by atoms with Gasteiger partial charge in [0.05, 0.1) is 0 Å². The van der Waals surface area contributed by atoms with Gasteiger partial charge < -0.3 is 24.8 Å². The van der Waals surface area contributed by atoms with Gasteiger partial charge in [-0.05, 0) is 0 Å². The second-order valence-corrected chi connectivity index (χ2v) is 0. The van der Waals surface area contributed by atoms with Crippen LogP contribution in [0, 0.1) is 81.2 Å². The summed E-state index contributed by atoms with van der Waals surface area (Å²) in [5.41, 5.74) is 0. The Kier molecular flexibility index (Phi) is 575. The molecule has 0 radical (unpaired) electrons. The van der Waals surface area contributed by atoms with Crippen molar-refractivity contribution in [2.45, 2.75) is 0 Å². The summed E-state index contributed by atoms with van der Waals surface area (Å²) in [4.78, 5) is 0. The van der Waals surface area contributed by atoms with Crippen LogP contribution >= 0.6 is 0 Å². The van der Waals surface area contributed by atoms with Crippen LogP contribution in [0.3, 0.4) is 0 Å². The first kappa shape index (κ1) is 77.2. The molecule has 0 aliphatic carbocycles. The van der Waals surface area contributed by atoms with E-state index < -0.39 is 0 Å². The molecule has 0 unspecified atom stereocenters. The van der Waals surface area contributed by atoms with Crippen molar-refractivity contribution in [1.29, 1.82) is 0 Å². The van der Waals surface area contributed by atoms with Crippen molar-refractivity contribution in [1.82, 2.24) is 0 Å². The zero-order chi connectivity index (χ0) is 0. The summed E-state index contributed by atoms with van der Waals surface area (Å²) in [7, 11) is 0. The molecular formula is H10BaNdO4SmTi. The summed E-state index contributed by atoms with van der Waals surface area (Å²) in [5, 5.41) is 0. The zero-order valence-corrected chi connectivity index (χ0v) is 15.9. The SMILES string of the molecule is O.O.O.O.[Ba+2].[H-].[H-].[Nd].[Sm].[Ti]. The third kappa shape index (κ3) is 44.9. The molecule has 0 spiro atoms. The Morgan fingerprint density at radius 2 is 0.750 bits per heavy atom. The van der Waals surface area contributed by atoms with Gasteiger partial charge in [0, 0.05) is 103 Å². The topological polar surface area (TPSA) is 126 Å². The molecule has 0 fully saturated rings. The van der Waals surface area contributed by atoms with Gasteiger partial charge in [0.1, 0.15) is 0 Å². The molecular weight excluding hydrogens is 544 g/mol. The van der Waals surface area contributed by atoms with Gasteiger partial charge in [-0.15, -0.1) is 0 Å². The summed E-state index contributed by atoms with van der Waals surface area (Å²) >= 11 is 0. The van der Waals surface area contributed by atoms with E-state index in [4.69, 9.17) is 0 Å². The van der Waals surface area contributed by atoms with Crippen LogP contribution in [-0.4, -0.2) is 70.8 Å². The van der Waals surface area contributed by atoms with E-state index >= 15 is 0 Å². The van der Waals surface area contributed by atoms with E-state index in [1.165, 1.54) is 0 Å². The smallest absolute Gasteiger partial charge is 1.00 e. The van der Waals surface area contributed by atoms with Crippen LogP contribution in [0.25, 0.3) is 0 Å². The number of hydrogen-bond acceptors (Lipinski definition) is 0. The van der Waals surface area contributed by atoms with E-state index in [9.17, 15) is 0 Å². The van der Waals surface area contributed by atoms with Gasteiger partial charge in [-0.1, -0.05) is 0 Å². The maximum atomic E-state index is 0. The molecule has 4 nitrogen and oxygen atoms in total. The van der Waals surface area contributed by atoms with E-state index in [0.29, 0.717) is 0 Å². The van der Waals surface area contributed by atoms with E-state index in [2.05, 4.69) is 0 Å². The van der Waals surface area contributed by atoms with Gasteiger partial charge in [-0.25, -0.2) is 0 Å². The molecule has 0 aromatic rings. The molecule has 0 saturated heterocycles. The number of rotatable bonds is 0. The summed E-state index contributed by atoms with van der Waals surface area (Å²) in [6.07, 6.45) is 0. The standard InChI is InChI=1S/Ba.Nd.4H2O.Sm.Ti.2H/h;;4*1H2;;;;/q+2;;;;;;;;2*-1. The van der Waals surface area contributed by atoms with E-state index in [-0.39, 0.29) is 177 Å². The van der Waals surface area contributed by atoms with Crippen LogP contribution in [0.2, 0.25) is 0 Å². The maximum Gasteiger partial charge on any atom is 2.00 e. The first-order valence-corrected chi connectivity index (χ1v) is 0. The molecule has 0 rings (SSSR count). The van der Waals surface area contributed by atoms with Gasteiger partial charge >= 0.3 is 48.9 Å². The third-order valence-electron chi connectivity index (χ3n) is 0. The Morgan fingerprint density at radius 3 is 0.750 bits per heavy atom. The summed E-state index contributed by atoms with van der Waals surface area (Å²) in [6, 6.07) is 0. The Hall–Kier alpha value is 4.81. The molecule has 0 aromatic heterocycles. The van der Waals surface area contributed by atoms with Crippen molar-refractivity contribution in [3.8, 4) is 0 Å². The predicted molar refractivity (Wildman–Crippen MR) is 22.4 cm³/mol. The Morgan fingerprint density at radius 1 is 0.750 bits per heavy atom. The molecule has 50 valence electrons. The minimum absolute atomic E-state index is 0. The van der Waals surface area contributed by atoms with Crippen molar-refractivity contribution in [2.24, 2.45) is 0 Å². The van der Waals surface area contributed by atoms with Gasteiger partial charge in [0.15, 0.2) is 0 Å². The average molecular weight is 554 g/mol. The molecule has 0 atom stereocenters.